The summed E-state index contributed by atoms with van der Waals surface area (Å²) in [7, 11) is -2.42. The first-order valence-electron chi connectivity index (χ1n) is 2.61. The molecule has 0 bridgehead atoms. The van der Waals surface area contributed by atoms with Crippen LogP contribution in [0.4, 0.5) is 0 Å². The lowest BCUT2D eigenvalue weighted by Gasteiger charge is -1.91. The monoisotopic (exact) mass is 268 g/mol. The van der Waals surface area contributed by atoms with Gasteiger partial charge in [-0.2, -0.15) is 0 Å². The van der Waals surface area contributed by atoms with Crippen molar-refractivity contribution >= 4 is 33.3 Å². The van der Waals surface area contributed by atoms with Crippen molar-refractivity contribution < 1.29 is 8.42 Å². The van der Waals surface area contributed by atoms with Crippen molar-refractivity contribution in [2.24, 2.45) is 0 Å². The van der Waals surface area contributed by atoms with E-state index >= 15 is 0 Å². The van der Waals surface area contributed by atoms with Gasteiger partial charge in [0.05, 0.1) is 4.90 Å². The van der Waals surface area contributed by atoms with Crippen LogP contribution in [0.25, 0.3) is 0 Å². The lowest BCUT2D eigenvalue weighted by molar-refractivity contribution is 0.614. The Kier molecular flexibility index (Phi) is 2.67. The van der Waals surface area contributed by atoms with Crippen molar-refractivity contribution in [2.45, 2.75) is 4.90 Å². The molecular weight excluding hydrogens is 263 g/mol. The van der Waals surface area contributed by atoms with Crippen molar-refractivity contribution in [2.75, 3.05) is 0 Å². The Labute approximate surface area is 74.4 Å². The maximum absolute atomic E-state index is 10.5. The molecule has 0 spiro atoms. The van der Waals surface area contributed by atoms with E-state index in [1.807, 2.05) is 28.7 Å². The molecule has 0 amide bonds. The zero-order valence-electron chi connectivity index (χ0n) is 4.95. The minimum absolute atomic E-state index is 0.401. The second kappa shape index (κ2) is 3.34. The summed E-state index contributed by atoms with van der Waals surface area (Å²) in [5.41, 5.74) is 0. The van der Waals surface area contributed by atoms with Gasteiger partial charge in [-0.1, -0.05) is 12.1 Å². The third kappa shape index (κ3) is 1.69. The van der Waals surface area contributed by atoms with E-state index < -0.39 is 10.7 Å². The minimum atomic E-state index is -2.42. The summed E-state index contributed by atoms with van der Waals surface area (Å²) >= 11 is 1.99. The van der Waals surface area contributed by atoms with E-state index in [4.69, 9.17) is 0 Å². The van der Waals surface area contributed by atoms with Gasteiger partial charge in [-0.05, 0) is 34.7 Å². The Bertz CT molecular complexity index is 298. The number of hydrogen-bond donors (Lipinski definition) is 1. The molecular formula is C6H5IO2S. The Balaban J connectivity index is 3.28. The summed E-state index contributed by atoms with van der Waals surface area (Å²) in [6.07, 6.45) is 0. The number of hydrogen-bond acceptors (Lipinski definition) is 2. The Hall–Kier alpha value is -0.100. The molecule has 0 aliphatic carbocycles. The first kappa shape index (κ1) is 8.00. The molecule has 1 rings (SSSR count). The van der Waals surface area contributed by atoms with Gasteiger partial charge in [0.25, 0.3) is 0 Å². The van der Waals surface area contributed by atoms with Gasteiger partial charge in [0.1, 0.15) is 0 Å². The first-order chi connectivity index (χ1) is 4.72. The number of thiol groups is 1. The van der Waals surface area contributed by atoms with Crippen LogP contribution in [0.1, 0.15) is 0 Å². The minimum Gasteiger partial charge on any atom is -0.227 e. The van der Waals surface area contributed by atoms with Crippen LogP contribution in [0.2, 0.25) is 0 Å². The van der Waals surface area contributed by atoms with Gasteiger partial charge in [0.2, 0.25) is 0 Å². The highest BCUT2D eigenvalue weighted by Gasteiger charge is 1.97. The number of halogens is 1. The van der Waals surface area contributed by atoms with Crippen molar-refractivity contribution in [3.8, 4) is 0 Å². The highest BCUT2D eigenvalue weighted by atomic mass is 127. The van der Waals surface area contributed by atoms with Crippen molar-refractivity contribution in [3.05, 3.63) is 27.8 Å². The standard InChI is InChI=1S/C6H5IO2S/c7-5-3-1-2-4-6(5)10(8)9/h1-4,10H. The molecule has 0 aliphatic heterocycles. The fourth-order valence-corrected chi connectivity index (χ4v) is 2.03. The van der Waals surface area contributed by atoms with Crippen molar-refractivity contribution in [1.82, 2.24) is 0 Å². The third-order valence-electron chi connectivity index (χ3n) is 1.05. The summed E-state index contributed by atoms with van der Waals surface area (Å²) in [5, 5.41) is 0. The molecule has 0 aliphatic rings. The molecule has 2 nitrogen and oxygen atoms in total. The number of benzene rings is 1. The zero-order chi connectivity index (χ0) is 7.56. The van der Waals surface area contributed by atoms with Crippen LogP contribution in [0.5, 0.6) is 0 Å². The second-order valence-electron chi connectivity index (χ2n) is 1.71. The lowest BCUT2D eigenvalue weighted by Crippen LogP contribution is -1.82. The molecule has 10 heavy (non-hydrogen) atoms. The van der Waals surface area contributed by atoms with E-state index in [0.717, 1.165) is 3.57 Å². The molecule has 0 radical (unpaired) electrons. The van der Waals surface area contributed by atoms with Crippen LogP contribution in [-0.2, 0) is 10.7 Å². The summed E-state index contributed by atoms with van der Waals surface area (Å²) in [5.74, 6) is 0. The molecule has 0 heterocycles. The van der Waals surface area contributed by atoms with Gasteiger partial charge in [-0.25, -0.2) is 8.42 Å². The quantitative estimate of drug-likeness (QED) is 0.614. The molecule has 0 saturated carbocycles. The Morgan fingerprint density at radius 3 is 2.20 bits per heavy atom. The lowest BCUT2D eigenvalue weighted by atomic mass is 10.4. The van der Waals surface area contributed by atoms with E-state index in [2.05, 4.69) is 0 Å². The van der Waals surface area contributed by atoms with Crippen molar-refractivity contribution in [1.29, 1.82) is 0 Å². The summed E-state index contributed by atoms with van der Waals surface area (Å²) in [6, 6.07) is 6.88. The van der Waals surface area contributed by atoms with Crippen LogP contribution in [0, 0.1) is 3.57 Å². The van der Waals surface area contributed by atoms with Gasteiger partial charge < -0.3 is 0 Å². The third-order valence-corrected chi connectivity index (χ3v) is 3.20. The SMILES string of the molecule is O=[SH](=O)c1ccccc1I. The Morgan fingerprint density at radius 1 is 1.20 bits per heavy atom. The van der Waals surface area contributed by atoms with Crippen molar-refractivity contribution in [3.63, 3.8) is 0 Å². The van der Waals surface area contributed by atoms with E-state index in [-0.39, 0.29) is 0 Å². The normalized spacial score (nSPS) is 10.2. The Morgan fingerprint density at radius 2 is 1.80 bits per heavy atom. The summed E-state index contributed by atoms with van der Waals surface area (Å²) < 4.78 is 21.7. The maximum atomic E-state index is 10.5. The van der Waals surface area contributed by atoms with Gasteiger partial charge in [0, 0.05) is 3.57 Å². The van der Waals surface area contributed by atoms with E-state index in [0.29, 0.717) is 4.90 Å². The average Bonchev–Trinajstić information content (AvgIpc) is 1.88. The highest BCUT2D eigenvalue weighted by Crippen LogP contribution is 2.11. The van der Waals surface area contributed by atoms with E-state index in [1.165, 1.54) is 0 Å². The van der Waals surface area contributed by atoms with Crippen LogP contribution in [0.3, 0.4) is 0 Å². The van der Waals surface area contributed by atoms with E-state index in [9.17, 15) is 8.42 Å². The van der Waals surface area contributed by atoms with Crippen LogP contribution in [0.15, 0.2) is 29.2 Å². The predicted molar refractivity (Wildman–Crippen MR) is 47.7 cm³/mol. The first-order valence-corrected chi connectivity index (χ1v) is 4.86. The van der Waals surface area contributed by atoms with Crippen LogP contribution >= 0.6 is 22.6 Å². The molecule has 0 saturated heterocycles. The highest BCUT2D eigenvalue weighted by molar-refractivity contribution is 14.1. The number of rotatable bonds is 1. The molecule has 1 aromatic carbocycles. The van der Waals surface area contributed by atoms with Gasteiger partial charge >= 0.3 is 0 Å². The van der Waals surface area contributed by atoms with Crippen LogP contribution in [-0.4, -0.2) is 8.42 Å². The summed E-state index contributed by atoms with van der Waals surface area (Å²) in [4.78, 5) is 0.401. The molecule has 0 atom stereocenters. The predicted octanol–water partition coefficient (Wildman–Crippen LogP) is 1.26. The molecule has 4 heteroatoms. The fourth-order valence-electron chi connectivity index (χ4n) is 0.600. The largest absolute Gasteiger partial charge is 0.227 e. The molecule has 0 unspecified atom stereocenters. The molecule has 1 aromatic rings. The van der Waals surface area contributed by atoms with E-state index in [1.54, 1.807) is 18.2 Å². The van der Waals surface area contributed by atoms with Gasteiger partial charge in [0.15, 0.2) is 10.7 Å². The fraction of sp³-hybridized carbons (Fsp3) is 0. The van der Waals surface area contributed by atoms with Gasteiger partial charge in [-0.15, -0.1) is 0 Å². The maximum Gasteiger partial charge on any atom is 0.169 e. The molecule has 0 aromatic heterocycles. The molecule has 0 N–H and O–H groups in total. The zero-order valence-corrected chi connectivity index (χ0v) is 8.00. The molecule has 54 valence electrons. The average molecular weight is 268 g/mol. The second-order valence-corrected chi connectivity index (χ2v) is 3.87. The smallest absolute Gasteiger partial charge is 0.169 e. The topological polar surface area (TPSA) is 34.1 Å². The molecule has 0 fully saturated rings. The van der Waals surface area contributed by atoms with Crippen LogP contribution < -0.4 is 0 Å². The summed E-state index contributed by atoms with van der Waals surface area (Å²) in [6.45, 7) is 0. The van der Waals surface area contributed by atoms with Gasteiger partial charge in [-0.3, -0.25) is 0 Å².